The van der Waals surface area contributed by atoms with Crippen molar-refractivity contribution in [3.63, 3.8) is 0 Å². The highest BCUT2D eigenvalue weighted by atomic mass is 32.2. The molecule has 0 amide bonds. The number of rotatable bonds is 7. The molecule has 0 aliphatic carbocycles. The van der Waals surface area contributed by atoms with E-state index in [-0.39, 0.29) is 17.9 Å². The molecule has 1 unspecified atom stereocenters. The monoisotopic (exact) mass is 405 g/mol. The highest BCUT2D eigenvalue weighted by Gasteiger charge is 2.43. The van der Waals surface area contributed by atoms with Gasteiger partial charge in [0.15, 0.2) is 0 Å². The van der Waals surface area contributed by atoms with Gasteiger partial charge in [-0.25, -0.2) is 17.8 Å². The molecule has 1 aromatic carbocycles. The van der Waals surface area contributed by atoms with Crippen molar-refractivity contribution in [1.29, 1.82) is 0 Å². The van der Waals surface area contributed by atoms with Crippen LogP contribution in [0.1, 0.15) is 36.7 Å². The van der Waals surface area contributed by atoms with Crippen LogP contribution in [0, 0.1) is 0 Å². The van der Waals surface area contributed by atoms with Crippen LogP contribution in [-0.4, -0.2) is 52.8 Å². The average molecular weight is 406 g/mol. The van der Waals surface area contributed by atoms with Crippen molar-refractivity contribution in [1.82, 2.24) is 24.6 Å². The predicted molar refractivity (Wildman–Crippen MR) is 105 cm³/mol. The van der Waals surface area contributed by atoms with Crippen LogP contribution in [0.15, 0.2) is 30.3 Å². The number of ether oxygens (including phenoxy) is 1. The van der Waals surface area contributed by atoms with E-state index < -0.39 is 10.0 Å². The van der Waals surface area contributed by atoms with Crippen molar-refractivity contribution in [2.24, 2.45) is 0 Å². The van der Waals surface area contributed by atoms with Crippen LogP contribution in [0.25, 0.3) is 0 Å². The number of fused-ring (bicyclic) bond motifs is 1. The molecule has 0 radical (unpaired) electrons. The van der Waals surface area contributed by atoms with Crippen molar-refractivity contribution in [3.8, 4) is 0 Å². The summed E-state index contributed by atoms with van der Waals surface area (Å²) >= 11 is 0. The number of sulfonamides is 1. The molecule has 2 aromatic rings. The second-order valence-corrected chi connectivity index (χ2v) is 9.62. The Morgan fingerprint density at radius 3 is 2.86 bits per heavy atom. The third kappa shape index (κ3) is 4.27. The molecule has 3 heterocycles. The lowest BCUT2D eigenvalue weighted by Gasteiger charge is -2.34. The van der Waals surface area contributed by atoms with Crippen molar-refractivity contribution < 1.29 is 13.2 Å². The number of nitrogens with zero attached hydrogens (tertiary/aromatic N) is 4. The van der Waals surface area contributed by atoms with Crippen molar-refractivity contribution in [3.05, 3.63) is 47.3 Å². The molecular formula is C19H27N5O3S. The number of aromatic nitrogens is 3. The fourth-order valence-electron chi connectivity index (χ4n) is 4.00. The lowest BCUT2D eigenvalue weighted by atomic mass is 10.0. The van der Waals surface area contributed by atoms with Crippen LogP contribution in [0.3, 0.4) is 0 Å². The van der Waals surface area contributed by atoms with E-state index in [1.807, 2.05) is 17.7 Å². The van der Waals surface area contributed by atoms with Crippen LogP contribution in [0.2, 0.25) is 0 Å². The van der Waals surface area contributed by atoms with Crippen molar-refractivity contribution >= 4 is 10.0 Å². The maximum absolute atomic E-state index is 11.9. The summed E-state index contributed by atoms with van der Waals surface area (Å²) in [6.07, 6.45) is 1.54. The molecule has 2 aliphatic heterocycles. The van der Waals surface area contributed by atoms with Crippen molar-refractivity contribution in [2.75, 3.05) is 18.8 Å². The van der Waals surface area contributed by atoms with Gasteiger partial charge in [-0.3, -0.25) is 4.90 Å². The summed E-state index contributed by atoms with van der Waals surface area (Å²) in [5, 5.41) is 8.46. The highest BCUT2D eigenvalue weighted by Crippen LogP contribution is 2.33. The molecule has 1 aromatic heterocycles. The molecular weight excluding hydrogens is 378 g/mol. The summed E-state index contributed by atoms with van der Waals surface area (Å²) in [4.78, 5) is 2.41. The van der Waals surface area contributed by atoms with E-state index in [1.54, 1.807) is 0 Å². The molecule has 2 aliphatic rings. The van der Waals surface area contributed by atoms with Gasteiger partial charge in [0.1, 0.15) is 11.3 Å². The van der Waals surface area contributed by atoms with E-state index in [0.29, 0.717) is 25.3 Å². The van der Waals surface area contributed by atoms with Gasteiger partial charge in [-0.05, 0) is 18.4 Å². The van der Waals surface area contributed by atoms with Gasteiger partial charge in [0.2, 0.25) is 10.0 Å². The zero-order valence-electron chi connectivity index (χ0n) is 16.2. The van der Waals surface area contributed by atoms with Gasteiger partial charge in [0.05, 0.1) is 31.1 Å². The fourth-order valence-corrected chi connectivity index (χ4v) is 5.04. The van der Waals surface area contributed by atoms with Crippen LogP contribution >= 0.6 is 0 Å². The van der Waals surface area contributed by atoms with Crippen LogP contribution < -0.4 is 4.72 Å². The summed E-state index contributed by atoms with van der Waals surface area (Å²) in [6.45, 7) is 5.84. The zero-order chi connectivity index (χ0) is 19.6. The smallest absolute Gasteiger partial charge is 0.211 e. The molecule has 1 fully saturated rings. The minimum absolute atomic E-state index is 0.118. The number of nitrogens with one attached hydrogen (secondary N) is 1. The summed E-state index contributed by atoms with van der Waals surface area (Å²) in [5.41, 5.74) is 2.58. The van der Waals surface area contributed by atoms with Crippen molar-refractivity contribution in [2.45, 2.75) is 51.6 Å². The van der Waals surface area contributed by atoms with E-state index in [4.69, 9.17) is 4.74 Å². The second kappa shape index (κ2) is 7.90. The minimum Gasteiger partial charge on any atom is -0.365 e. The van der Waals surface area contributed by atoms with Gasteiger partial charge in [0, 0.05) is 19.6 Å². The quantitative estimate of drug-likeness (QED) is 0.747. The first-order chi connectivity index (χ1) is 13.5. The normalized spacial score (nSPS) is 22.6. The molecule has 0 saturated carbocycles. The van der Waals surface area contributed by atoms with E-state index >= 15 is 0 Å². The van der Waals surface area contributed by atoms with E-state index in [9.17, 15) is 8.42 Å². The molecule has 8 nitrogen and oxygen atoms in total. The first kappa shape index (κ1) is 19.5. The summed E-state index contributed by atoms with van der Waals surface area (Å²) < 4.78 is 34.5. The summed E-state index contributed by atoms with van der Waals surface area (Å²) in [6, 6.07) is 10.5. The lowest BCUT2D eigenvalue weighted by molar-refractivity contribution is -0.0844. The number of likely N-dealkylation sites (tertiary alicyclic amines) is 1. The van der Waals surface area contributed by atoms with Gasteiger partial charge >= 0.3 is 0 Å². The molecule has 152 valence electrons. The Hall–Kier alpha value is -1.81. The number of benzene rings is 1. The maximum Gasteiger partial charge on any atom is 0.211 e. The van der Waals surface area contributed by atoms with Crippen LogP contribution in [-0.2, 0) is 41.0 Å². The minimum atomic E-state index is -3.27. The molecule has 1 atom stereocenters. The summed E-state index contributed by atoms with van der Waals surface area (Å²) in [5.74, 6) is 0.118. The van der Waals surface area contributed by atoms with Crippen LogP contribution in [0.5, 0.6) is 0 Å². The van der Waals surface area contributed by atoms with E-state index in [1.165, 1.54) is 5.56 Å². The SMILES string of the molecule is CCCS(=O)(=O)NCc1nnn2c1COC1(CCN(Cc3ccccc3)C1)C2. The standard InChI is InChI=1S/C19H27N5O3S/c1-2-10-28(25,26)20-11-17-18-13-27-19(15-24(18)22-21-17)8-9-23(14-19)12-16-6-4-3-5-7-16/h3-7,20H,2,8-15H2,1H3. The third-order valence-corrected chi connectivity index (χ3v) is 6.98. The van der Waals surface area contributed by atoms with Gasteiger partial charge in [0.25, 0.3) is 0 Å². The first-order valence-electron chi connectivity index (χ1n) is 9.77. The Morgan fingerprint density at radius 1 is 1.25 bits per heavy atom. The average Bonchev–Trinajstić information content (AvgIpc) is 3.25. The Bertz CT molecular complexity index is 915. The maximum atomic E-state index is 11.9. The molecule has 1 saturated heterocycles. The Labute approximate surface area is 165 Å². The summed E-state index contributed by atoms with van der Waals surface area (Å²) in [7, 11) is -3.27. The van der Waals surface area contributed by atoms with Gasteiger partial charge < -0.3 is 4.74 Å². The third-order valence-electron chi connectivity index (χ3n) is 5.45. The van der Waals surface area contributed by atoms with Gasteiger partial charge in [-0.15, -0.1) is 5.10 Å². The molecule has 9 heteroatoms. The molecule has 1 N–H and O–H groups in total. The Balaban J connectivity index is 1.39. The highest BCUT2D eigenvalue weighted by molar-refractivity contribution is 7.89. The molecule has 4 rings (SSSR count). The lowest BCUT2D eigenvalue weighted by Crippen LogP contribution is -2.44. The largest absolute Gasteiger partial charge is 0.365 e. The Kier molecular flexibility index (Phi) is 5.50. The zero-order valence-corrected chi connectivity index (χ0v) is 17.0. The first-order valence-corrected chi connectivity index (χ1v) is 11.4. The number of hydrogen-bond donors (Lipinski definition) is 1. The molecule has 0 bridgehead atoms. The number of hydrogen-bond acceptors (Lipinski definition) is 6. The molecule has 28 heavy (non-hydrogen) atoms. The van der Waals surface area contributed by atoms with Crippen LogP contribution in [0.4, 0.5) is 0 Å². The topological polar surface area (TPSA) is 89.3 Å². The van der Waals surface area contributed by atoms with E-state index in [2.05, 4.69) is 44.2 Å². The van der Waals surface area contributed by atoms with Gasteiger partial charge in [-0.1, -0.05) is 42.5 Å². The second-order valence-electron chi connectivity index (χ2n) is 7.70. The molecule has 1 spiro atoms. The van der Waals surface area contributed by atoms with E-state index in [0.717, 1.165) is 31.7 Å². The predicted octanol–water partition coefficient (Wildman–Crippen LogP) is 1.28. The fraction of sp³-hybridized carbons (Fsp3) is 0.579. The van der Waals surface area contributed by atoms with Gasteiger partial charge in [-0.2, -0.15) is 0 Å². The Morgan fingerprint density at radius 2 is 2.07 bits per heavy atom.